The van der Waals surface area contributed by atoms with E-state index in [0.29, 0.717) is 16.8 Å². The third kappa shape index (κ3) is 4.42. The number of nitrogens with one attached hydrogen (secondary N) is 2. The second-order valence-electron chi connectivity index (χ2n) is 5.85. The number of amides is 2. The first-order chi connectivity index (χ1) is 12.1. The summed E-state index contributed by atoms with van der Waals surface area (Å²) in [7, 11) is 0. The topological polar surface area (TPSA) is 61.4 Å². The molecule has 2 N–H and O–H groups in total. The number of anilines is 1. The minimum absolute atomic E-state index is 0.0281. The van der Waals surface area contributed by atoms with E-state index in [0.717, 1.165) is 25.9 Å². The molecular weight excluding hydrogens is 334 g/mol. The van der Waals surface area contributed by atoms with Gasteiger partial charge >= 0.3 is 0 Å². The number of benzene rings is 2. The van der Waals surface area contributed by atoms with Gasteiger partial charge in [0.05, 0.1) is 0 Å². The first-order valence-electron chi connectivity index (χ1n) is 8.20. The second-order valence-corrected chi connectivity index (χ2v) is 6.26. The maximum atomic E-state index is 12.4. The number of likely N-dealkylation sites (tertiary alicyclic amines) is 1. The van der Waals surface area contributed by atoms with Crippen LogP contribution in [0.4, 0.5) is 5.69 Å². The molecule has 25 heavy (non-hydrogen) atoms. The molecule has 0 bridgehead atoms. The summed E-state index contributed by atoms with van der Waals surface area (Å²) in [5.41, 5.74) is 1.82. The smallest absolute Gasteiger partial charge is 0.257 e. The van der Waals surface area contributed by atoms with E-state index in [1.54, 1.807) is 42.5 Å². The van der Waals surface area contributed by atoms with Crippen molar-refractivity contribution in [3.63, 3.8) is 0 Å². The van der Waals surface area contributed by atoms with Crippen molar-refractivity contribution in [1.82, 2.24) is 10.2 Å². The van der Waals surface area contributed by atoms with E-state index in [2.05, 4.69) is 10.6 Å². The van der Waals surface area contributed by atoms with E-state index < -0.39 is 0 Å². The second kappa shape index (κ2) is 7.90. The number of nitrogens with zero attached hydrogens (tertiary/aromatic N) is 1. The van der Waals surface area contributed by atoms with Crippen molar-refractivity contribution in [2.45, 2.75) is 12.8 Å². The molecule has 1 aliphatic rings. The Morgan fingerprint density at radius 2 is 1.60 bits per heavy atom. The molecule has 0 unspecified atom stereocenters. The highest BCUT2D eigenvalue weighted by atomic mass is 32.1. The highest BCUT2D eigenvalue weighted by Gasteiger charge is 2.19. The Bertz CT molecular complexity index is 786. The molecule has 0 radical (unpaired) electrons. The predicted octanol–water partition coefficient (Wildman–Crippen LogP) is 3.05. The van der Waals surface area contributed by atoms with Crippen LogP contribution in [0.2, 0.25) is 0 Å². The van der Waals surface area contributed by atoms with Crippen LogP contribution in [0.1, 0.15) is 33.6 Å². The molecule has 5 nitrogen and oxygen atoms in total. The number of carbonyl (C=O) groups excluding carboxylic acids is 2. The lowest BCUT2D eigenvalue weighted by Crippen LogP contribution is -2.34. The van der Waals surface area contributed by atoms with Gasteiger partial charge < -0.3 is 10.2 Å². The fraction of sp³-hybridized carbons (Fsp3) is 0.211. The zero-order valence-corrected chi connectivity index (χ0v) is 14.5. The van der Waals surface area contributed by atoms with Gasteiger partial charge in [-0.3, -0.25) is 14.9 Å². The van der Waals surface area contributed by atoms with Gasteiger partial charge in [0.15, 0.2) is 5.11 Å². The zero-order valence-electron chi connectivity index (χ0n) is 13.7. The Morgan fingerprint density at radius 1 is 0.920 bits per heavy atom. The minimum atomic E-state index is -0.276. The molecule has 6 heteroatoms. The van der Waals surface area contributed by atoms with E-state index in [-0.39, 0.29) is 16.9 Å². The molecule has 2 amide bonds. The summed E-state index contributed by atoms with van der Waals surface area (Å²) in [6, 6.07) is 16.0. The van der Waals surface area contributed by atoms with Crippen LogP contribution in [-0.4, -0.2) is 34.9 Å². The highest BCUT2D eigenvalue weighted by molar-refractivity contribution is 7.80. The summed E-state index contributed by atoms with van der Waals surface area (Å²) >= 11 is 5.19. The monoisotopic (exact) mass is 353 g/mol. The summed E-state index contributed by atoms with van der Waals surface area (Å²) in [5.74, 6) is -0.247. The van der Waals surface area contributed by atoms with Crippen LogP contribution in [-0.2, 0) is 0 Å². The lowest BCUT2D eigenvalue weighted by Gasteiger charge is -2.16. The van der Waals surface area contributed by atoms with Gasteiger partial charge in [-0.2, -0.15) is 0 Å². The van der Waals surface area contributed by atoms with Crippen LogP contribution in [0.15, 0.2) is 54.6 Å². The summed E-state index contributed by atoms with van der Waals surface area (Å²) in [5, 5.41) is 5.79. The van der Waals surface area contributed by atoms with Gasteiger partial charge in [0, 0.05) is 29.9 Å². The van der Waals surface area contributed by atoms with Gasteiger partial charge in [0.2, 0.25) is 0 Å². The van der Waals surface area contributed by atoms with Gasteiger partial charge in [-0.05, 0) is 55.4 Å². The lowest BCUT2D eigenvalue weighted by atomic mass is 10.2. The largest absolute Gasteiger partial charge is 0.339 e. The molecule has 0 saturated carbocycles. The van der Waals surface area contributed by atoms with Crippen LogP contribution >= 0.6 is 12.2 Å². The number of hydrogen-bond acceptors (Lipinski definition) is 3. The Balaban J connectivity index is 1.62. The molecule has 3 rings (SSSR count). The number of rotatable bonds is 3. The summed E-state index contributed by atoms with van der Waals surface area (Å²) in [6.45, 7) is 1.62. The fourth-order valence-electron chi connectivity index (χ4n) is 2.76. The average Bonchev–Trinajstić information content (AvgIpc) is 3.16. The van der Waals surface area contributed by atoms with Crippen LogP contribution < -0.4 is 10.6 Å². The van der Waals surface area contributed by atoms with Crippen molar-refractivity contribution >= 4 is 34.8 Å². The molecule has 0 spiro atoms. The number of carbonyl (C=O) groups is 2. The minimum Gasteiger partial charge on any atom is -0.339 e. The highest BCUT2D eigenvalue weighted by Crippen LogP contribution is 2.16. The molecule has 1 fully saturated rings. The molecule has 0 aliphatic carbocycles. The maximum Gasteiger partial charge on any atom is 0.257 e. The average molecular weight is 353 g/mol. The Hall–Kier alpha value is -2.73. The van der Waals surface area contributed by atoms with E-state index in [1.807, 2.05) is 17.0 Å². The molecule has 2 aromatic carbocycles. The molecular formula is C19H19N3O2S. The normalized spacial score (nSPS) is 13.4. The van der Waals surface area contributed by atoms with Crippen molar-refractivity contribution in [3.05, 3.63) is 65.7 Å². The predicted molar refractivity (Wildman–Crippen MR) is 102 cm³/mol. The van der Waals surface area contributed by atoms with Crippen molar-refractivity contribution in [2.75, 3.05) is 18.4 Å². The lowest BCUT2D eigenvalue weighted by molar-refractivity contribution is 0.0792. The zero-order chi connectivity index (χ0) is 17.6. The van der Waals surface area contributed by atoms with Crippen molar-refractivity contribution < 1.29 is 9.59 Å². The van der Waals surface area contributed by atoms with Crippen LogP contribution in [0.5, 0.6) is 0 Å². The van der Waals surface area contributed by atoms with Gasteiger partial charge in [0.1, 0.15) is 0 Å². The molecule has 2 aromatic rings. The quantitative estimate of drug-likeness (QED) is 0.833. The number of hydrogen-bond donors (Lipinski definition) is 2. The van der Waals surface area contributed by atoms with Crippen LogP contribution in [0, 0.1) is 0 Å². The van der Waals surface area contributed by atoms with Crippen molar-refractivity contribution in [2.24, 2.45) is 0 Å². The van der Waals surface area contributed by atoms with Gasteiger partial charge in [-0.25, -0.2) is 0 Å². The molecule has 1 saturated heterocycles. The molecule has 0 atom stereocenters. The molecule has 128 valence electrons. The maximum absolute atomic E-state index is 12.4. The molecule has 1 aliphatic heterocycles. The van der Waals surface area contributed by atoms with Crippen molar-refractivity contribution in [1.29, 1.82) is 0 Å². The van der Waals surface area contributed by atoms with Crippen molar-refractivity contribution in [3.8, 4) is 0 Å². The van der Waals surface area contributed by atoms with E-state index in [9.17, 15) is 9.59 Å². The van der Waals surface area contributed by atoms with Gasteiger partial charge in [-0.1, -0.05) is 24.3 Å². The van der Waals surface area contributed by atoms with Gasteiger partial charge in [0.25, 0.3) is 11.8 Å². The third-order valence-corrected chi connectivity index (χ3v) is 4.23. The SMILES string of the molecule is O=C(NC(=S)Nc1cccc(C(=O)N2CCCC2)c1)c1ccccc1. The fourth-order valence-corrected chi connectivity index (χ4v) is 2.97. The van der Waals surface area contributed by atoms with Crippen LogP contribution in [0.25, 0.3) is 0 Å². The summed E-state index contributed by atoms with van der Waals surface area (Å²) in [4.78, 5) is 26.4. The molecule has 0 aromatic heterocycles. The standard InChI is InChI=1S/C19H19N3O2S/c23-17(14-7-2-1-3-8-14)21-19(25)20-16-10-6-9-15(13-16)18(24)22-11-4-5-12-22/h1-3,6-10,13H,4-5,11-12H2,(H2,20,21,23,25). The first kappa shape index (κ1) is 17.1. The van der Waals surface area contributed by atoms with Gasteiger partial charge in [-0.15, -0.1) is 0 Å². The molecule has 1 heterocycles. The van der Waals surface area contributed by atoms with E-state index in [1.165, 1.54) is 0 Å². The Morgan fingerprint density at radius 3 is 2.32 bits per heavy atom. The Kier molecular flexibility index (Phi) is 5.40. The summed E-state index contributed by atoms with van der Waals surface area (Å²) < 4.78 is 0. The summed E-state index contributed by atoms with van der Waals surface area (Å²) in [6.07, 6.45) is 2.11. The van der Waals surface area contributed by atoms with E-state index in [4.69, 9.17) is 12.2 Å². The van der Waals surface area contributed by atoms with E-state index >= 15 is 0 Å². The Labute approximate surface area is 152 Å². The number of thiocarbonyl (C=S) groups is 1. The first-order valence-corrected chi connectivity index (χ1v) is 8.61. The van der Waals surface area contributed by atoms with Crippen LogP contribution in [0.3, 0.4) is 0 Å². The third-order valence-electron chi connectivity index (χ3n) is 4.02.